The molecule has 2 aromatic heterocycles. The van der Waals surface area contributed by atoms with Crippen LogP contribution in [0.25, 0.3) is 0 Å². The number of aryl methyl sites for hydroxylation is 2. The Morgan fingerprint density at radius 1 is 1.53 bits per heavy atom. The van der Waals surface area contributed by atoms with Crippen LogP contribution < -0.4 is 5.32 Å². The van der Waals surface area contributed by atoms with Crippen molar-refractivity contribution in [2.45, 2.75) is 13.0 Å². The highest BCUT2D eigenvalue weighted by atomic mass is 32.1. The number of carbonyl (C=O) groups is 2. The van der Waals surface area contributed by atoms with E-state index >= 15 is 0 Å². The quantitative estimate of drug-likeness (QED) is 0.884. The monoisotopic (exact) mass is 279 g/mol. The maximum atomic E-state index is 12.1. The van der Waals surface area contributed by atoms with Crippen LogP contribution in [0.5, 0.6) is 0 Å². The summed E-state index contributed by atoms with van der Waals surface area (Å²) in [7, 11) is 1.64. The van der Waals surface area contributed by atoms with Crippen molar-refractivity contribution in [3.05, 3.63) is 39.8 Å². The van der Waals surface area contributed by atoms with Crippen LogP contribution in [0.3, 0.4) is 0 Å². The van der Waals surface area contributed by atoms with E-state index in [-0.39, 0.29) is 0 Å². The smallest absolute Gasteiger partial charge is 0.331 e. The molecule has 0 aliphatic heterocycles. The zero-order chi connectivity index (χ0) is 14.0. The second-order valence-electron chi connectivity index (χ2n) is 4.05. The summed E-state index contributed by atoms with van der Waals surface area (Å²) in [6.07, 6.45) is 0. The van der Waals surface area contributed by atoms with Gasteiger partial charge in [-0.2, -0.15) is 5.10 Å². The van der Waals surface area contributed by atoms with Crippen molar-refractivity contribution in [1.82, 2.24) is 15.1 Å². The van der Waals surface area contributed by atoms with Gasteiger partial charge >= 0.3 is 5.97 Å². The fourth-order valence-corrected chi connectivity index (χ4v) is 2.51. The van der Waals surface area contributed by atoms with Crippen LogP contribution >= 0.6 is 11.3 Å². The van der Waals surface area contributed by atoms with Gasteiger partial charge in [0.1, 0.15) is 5.69 Å². The zero-order valence-corrected chi connectivity index (χ0v) is 11.3. The molecule has 2 heterocycles. The molecule has 1 amide bonds. The van der Waals surface area contributed by atoms with Gasteiger partial charge in [-0.25, -0.2) is 4.79 Å². The van der Waals surface area contributed by atoms with E-state index in [0.717, 1.165) is 0 Å². The van der Waals surface area contributed by atoms with Gasteiger partial charge in [0, 0.05) is 11.9 Å². The van der Waals surface area contributed by atoms with E-state index in [9.17, 15) is 14.7 Å². The highest BCUT2D eigenvalue weighted by Gasteiger charge is 2.24. The molecule has 2 aromatic rings. The van der Waals surface area contributed by atoms with Crippen molar-refractivity contribution < 1.29 is 14.7 Å². The molecule has 1 atom stereocenters. The molecule has 100 valence electrons. The van der Waals surface area contributed by atoms with Gasteiger partial charge in [0.15, 0.2) is 6.04 Å². The van der Waals surface area contributed by atoms with E-state index in [2.05, 4.69) is 10.4 Å². The molecular weight excluding hydrogens is 266 g/mol. The van der Waals surface area contributed by atoms with Crippen LogP contribution in [-0.4, -0.2) is 26.8 Å². The first kappa shape index (κ1) is 13.3. The van der Waals surface area contributed by atoms with Crippen LogP contribution in [0.4, 0.5) is 0 Å². The molecule has 0 bridgehead atoms. The first-order valence-corrected chi connectivity index (χ1v) is 6.44. The predicted octanol–water partition coefficient (Wildman–Crippen LogP) is 1.35. The number of hydrogen-bond acceptors (Lipinski definition) is 4. The van der Waals surface area contributed by atoms with Gasteiger partial charge < -0.3 is 10.4 Å². The average Bonchev–Trinajstić information content (AvgIpc) is 2.95. The van der Waals surface area contributed by atoms with Crippen LogP contribution in [0.2, 0.25) is 0 Å². The number of thiophene rings is 1. The molecule has 0 fully saturated rings. The third-order valence-corrected chi connectivity index (χ3v) is 3.52. The van der Waals surface area contributed by atoms with Gasteiger partial charge in [0.2, 0.25) is 0 Å². The fourth-order valence-electron chi connectivity index (χ4n) is 1.74. The van der Waals surface area contributed by atoms with Crippen molar-refractivity contribution in [2.75, 3.05) is 0 Å². The minimum absolute atomic E-state index is 0.334. The number of rotatable bonds is 4. The van der Waals surface area contributed by atoms with Gasteiger partial charge in [-0.05, 0) is 24.4 Å². The molecule has 0 aliphatic carbocycles. The van der Waals surface area contributed by atoms with Crippen molar-refractivity contribution in [3.8, 4) is 0 Å². The highest BCUT2D eigenvalue weighted by Crippen LogP contribution is 2.19. The summed E-state index contributed by atoms with van der Waals surface area (Å²) in [5.41, 5.74) is 1.04. The van der Waals surface area contributed by atoms with Crippen molar-refractivity contribution in [3.63, 3.8) is 0 Å². The minimum atomic E-state index is -1.09. The lowest BCUT2D eigenvalue weighted by Gasteiger charge is -2.12. The molecule has 0 saturated carbocycles. The second kappa shape index (κ2) is 5.23. The van der Waals surface area contributed by atoms with E-state index in [4.69, 9.17) is 0 Å². The summed E-state index contributed by atoms with van der Waals surface area (Å²) < 4.78 is 1.43. The van der Waals surface area contributed by atoms with E-state index in [1.54, 1.807) is 37.6 Å². The van der Waals surface area contributed by atoms with Crippen molar-refractivity contribution in [1.29, 1.82) is 0 Å². The van der Waals surface area contributed by atoms with Crippen molar-refractivity contribution >= 4 is 23.2 Å². The number of aliphatic carboxylic acids is 1. The molecule has 6 nitrogen and oxygen atoms in total. The largest absolute Gasteiger partial charge is 0.479 e. The summed E-state index contributed by atoms with van der Waals surface area (Å²) in [5.74, 6) is -1.54. The third kappa shape index (κ3) is 2.82. The Morgan fingerprint density at radius 3 is 2.74 bits per heavy atom. The number of nitrogens with zero attached hydrogens (tertiary/aromatic N) is 2. The number of aromatic nitrogens is 2. The first-order chi connectivity index (χ1) is 8.99. The molecule has 0 aliphatic rings. The number of nitrogens with one attached hydrogen (secondary N) is 1. The van der Waals surface area contributed by atoms with Gasteiger partial charge in [0.25, 0.3) is 5.91 Å². The number of hydrogen-bond donors (Lipinski definition) is 2. The Kier molecular flexibility index (Phi) is 3.66. The van der Waals surface area contributed by atoms with Crippen LogP contribution in [-0.2, 0) is 11.8 Å². The first-order valence-electron chi connectivity index (χ1n) is 5.56. The molecule has 0 spiro atoms. The summed E-state index contributed by atoms with van der Waals surface area (Å²) in [6.45, 7) is 1.77. The Labute approximate surface area is 113 Å². The third-order valence-electron chi connectivity index (χ3n) is 2.58. The lowest BCUT2D eigenvalue weighted by molar-refractivity contribution is -0.139. The number of carbonyl (C=O) groups excluding carboxylic acids is 1. The van der Waals surface area contributed by atoms with E-state index in [1.807, 2.05) is 0 Å². The topological polar surface area (TPSA) is 84.2 Å². The molecule has 0 saturated heterocycles. The highest BCUT2D eigenvalue weighted by molar-refractivity contribution is 7.10. The Hall–Kier alpha value is -2.15. The zero-order valence-electron chi connectivity index (χ0n) is 10.5. The molecule has 7 heteroatoms. The number of amides is 1. The summed E-state index contributed by atoms with van der Waals surface area (Å²) in [4.78, 5) is 23.9. The molecule has 0 aromatic carbocycles. The standard InChI is InChI=1S/C12H13N3O3S/c1-7-6-8(15(2)14-7)11(16)13-10(12(17)18)9-4-3-5-19-9/h3-6,10H,1-2H3,(H,13,16)(H,17,18). The van der Waals surface area contributed by atoms with Gasteiger partial charge in [-0.15, -0.1) is 11.3 Å². The van der Waals surface area contributed by atoms with Gasteiger partial charge in [-0.3, -0.25) is 9.48 Å². The molecule has 0 radical (unpaired) electrons. The van der Waals surface area contributed by atoms with Gasteiger partial charge in [0.05, 0.1) is 5.69 Å². The normalized spacial score (nSPS) is 12.1. The minimum Gasteiger partial charge on any atom is -0.479 e. The van der Waals surface area contributed by atoms with E-state index < -0.39 is 17.9 Å². The van der Waals surface area contributed by atoms with Crippen LogP contribution in [0.1, 0.15) is 27.1 Å². The summed E-state index contributed by atoms with van der Waals surface area (Å²) >= 11 is 1.29. The maximum absolute atomic E-state index is 12.1. The molecular formula is C12H13N3O3S. The van der Waals surface area contributed by atoms with Crippen LogP contribution in [0, 0.1) is 6.92 Å². The Balaban J connectivity index is 2.21. The van der Waals surface area contributed by atoms with E-state index in [0.29, 0.717) is 16.3 Å². The lowest BCUT2D eigenvalue weighted by atomic mass is 10.2. The summed E-state index contributed by atoms with van der Waals surface area (Å²) in [6, 6.07) is 4.00. The van der Waals surface area contributed by atoms with Gasteiger partial charge in [-0.1, -0.05) is 6.07 Å². The lowest BCUT2D eigenvalue weighted by Crippen LogP contribution is -2.34. The number of carboxylic acid groups (broad SMARTS) is 1. The SMILES string of the molecule is Cc1cc(C(=O)NC(C(=O)O)c2cccs2)n(C)n1. The molecule has 2 rings (SSSR count). The summed E-state index contributed by atoms with van der Waals surface area (Å²) in [5, 5.41) is 17.5. The molecule has 2 N–H and O–H groups in total. The maximum Gasteiger partial charge on any atom is 0.331 e. The van der Waals surface area contributed by atoms with E-state index in [1.165, 1.54) is 16.0 Å². The van der Waals surface area contributed by atoms with Crippen LogP contribution in [0.15, 0.2) is 23.6 Å². The predicted molar refractivity (Wildman–Crippen MR) is 70.1 cm³/mol. The molecule has 1 unspecified atom stereocenters. The number of carboxylic acids is 1. The molecule has 19 heavy (non-hydrogen) atoms. The Morgan fingerprint density at radius 2 is 2.26 bits per heavy atom. The van der Waals surface area contributed by atoms with Crippen molar-refractivity contribution in [2.24, 2.45) is 7.05 Å². The fraction of sp³-hybridized carbons (Fsp3) is 0.250. The second-order valence-corrected chi connectivity index (χ2v) is 5.03. The average molecular weight is 279 g/mol. The Bertz CT molecular complexity index is 604.